The van der Waals surface area contributed by atoms with E-state index in [0.717, 1.165) is 16.3 Å². The molecule has 0 aliphatic rings. The van der Waals surface area contributed by atoms with Crippen LogP contribution >= 0.6 is 23.2 Å². The highest BCUT2D eigenvalue weighted by molar-refractivity contribution is 6.42. The van der Waals surface area contributed by atoms with Crippen molar-refractivity contribution in [1.29, 1.82) is 0 Å². The molecule has 2 aromatic carbocycles. The average Bonchev–Trinajstić information content (AvgIpc) is 2.85. The second-order valence-corrected chi connectivity index (χ2v) is 8.73. The van der Waals surface area contributed by atoms with Crippen molar-refractivity contribution in [3.05, 3.63) is 70.3 Å². The molecule has 0 saturated carbocycles. The molecular formula is C25H28Cl2N4O4. The molecule has 8 nitrogen and oxygen atoms in total. The molecule has 35 heavy (non-hydrogen) atoms. The molecule has 0 spiro atoms. The van der Waals surface area contributed by atoms with Crippen molar-refractivity contribution < 1.29 is 19.4 Å². The molecule has 0 radical (unpaired) electrons. The largest absolute Gasteiger partial charge is 0.447 e. The van der Waals surface area contributed by atoms with E-state index in [-0.39, 0.29) is 25.7 Å². The number of halogens is 2. The van der Waals surface area contributed by atoms with Crippen LogP contribution in [0.3, 0.4) is 0 Å². The van der Waals surface area contributed by atoms with Crippen LogP contribution in [0.5, 0.6) is 0 Å². The molecule has 0 unspecified atom stereocenters. The summed E-state index contributed by atoms with van der Waals surface area (Å²) in [6.45, 7) is 0.459. The number of aliphatic hydroxyl groups is 1. The van der Waals surface area contributed by atoms with Crippen molar-refractivity contribution >= 4 is 51.8 Å². The quantitative estimate of drug-likeness (QED) is 0.262. The highest BCUT2D eigenvalue weighted by atomic mass is 35.5. The van der Waals surface area contributed by atoms with Gasteiger partial charge in [0, 0.05) is 24.7 Å². The van der Waals surface area contributed by atoms with Crippen molar-refractivity contribution in [1.82, 2.24) is 15.6 Å². The van der Waals surface area contributed by atoms with Crippen LogP contribution in [0.1, 0.15) is 24.8 Å². The zero-order valence-corrected chi connectivity index (χ0v) is 20.6. The number of fused-ring (bicyclic) bond motifs is 1. The molecule has 3 aromatic rings. The summed E-state index contributed by atoms with van der Waals surface area (Å²) in [7, 11) is 0. The van der Waals surface area contributed by atoms with Crippen LogP contribution in [0.2, 0.25) is 10.0 Å². The Bertz CT molecular complexity index is 1150. The van der Waals surface area contributed by atoms with E-state index in [1.54, 1.807) is 24.4 Å². The number of rotatable bonds is 12. The Labute approximate surface area is 214 Å². The number of aliphatic hydroxyl groups excluding tert-OH is 1. The number of unbranched alkanes of at least 4 members (excludes halogenated alkanes) is 1. The number of aromatic nitrogens is 1. The first kappa shape index (κ1) is 26.7. The molecule has 0 aliphatic heterocycles. The summed E-state index contributed by atoms with van der Waals surface area (Å²) in [5, 5.41) is 20.4. The standard InChI is InChI=1S/C25H28Cl2N4O4/c26-21-10-5-8-19(24(21)27)13-28-15-23(33)30-20(9-3-4-11-32)16-35-25(34)31-22-12-17-6-1-2-7-18(17)14-29-22/h1-2,5-8,10,12,14,20,28,32H,3-4,9,11,13,15-16H2,(H,30,33)(H,29,31,34)/t20-/m0/s1. The SMILES string of the molecule is O=C(CNCc1cccc(Cl)c1Cl)N[C@@H](CCCCO)COC(=O)Nc1cc2ccccc2cn1. The third-order valence-corrected chi connectivity index (χ3v) is 6.09. The van der Waals surface area contributed by atoms with E-state index in [1.807, 2.05) is 30.3 Å². The fourth-order valence-electron chi connectivity index (χ4n) is 3.44. The molecule has 0 saturated heterocycles. The van der Waals surface area contributed by atoms with Crippen LogP contribution in [0.15, 0.2) is 54.7 Å². The number of amides is 2. The average molecular weight is 519 g/mol. The predicted molar refractivity (Wildman–Crippen MR) is 138 cm³/mol. The third kappa shape index (κ3) is 8.67. The van der Waals surface area contributed by atoms with Gasteiger partial charge in [0.15, 0.2) is 0 Å². The number of benzene rings is 2. The summed E-state index contributed by atoms with van der Waals surface area (Å²) >= 11 is 12.2. The van der Waals surface area contributed by atoms with Gasteiger partial charge in [0.05, 0.1) is 22.6 Å². The number of carbonyl (C=O) groups is 2. The molecular weight excluding hydrogens is 491 g/mol. The maximum atomic E-state index is 12.4. The fourth-order valence-corrected chi connectivity index (χ4v) is 3.83. The van der Waals surface area contributed by atoms with Crippen molar-refractivity contribution in [3.8, 4) is 0 Å². The molecule has 0 aliphatic carbocycles. The van der Waals surface area contributed by atoms with Gasteiger partial charge < -0.3 is 20.5 Å². The van der Waals surface area contributed by atoms with E-state index < -0.39 is 12.1 Å². The van der Waals surface area contributed by atoms with Crippen molar-refractivity contribution in [2.75, 3.05) is 25.1 Å². The van der Waals surface area contributed by atoms with Crippen LogP contribution in [-0.4, -0.2) is 47.9 Å². The highest BCUT2D eigenvalue weighted by Crippen LogP contribution is 2.25. The second kappa shape index (κ2) is 13.8. The monoisotopic (exact) mass is 518 g/mol. The Morgan fingerprint density at radius 2 is 1.86 bits per heavy atom. The first-order chi connectivity index (χ1) is 17.0. The minimum Gasteiger partial charge on any atom is -0.447 e. The summed E-state index contributed by atoms with van der Waals surface area (Å²) in [4.78, 5) is 29.0. The van der Waals surface area contributed by atoms with Crippen molar-refractivity contribution in [2.24, 2.45) is 0 Å². The summed E-state index contributed by atoms with van der Waals surface area (Å²) in [5.41, 5.74) is 0.786. The van der Waals surface area contributed by atoms with E-state index in [9.17, 15) is 9.59 Å². The number of nitrogens with one attached hydrogen (secondary N) is 3. The van der Waals surface area contributed by atoms with Gasteiger partial charge in [-0.2, -0.15) is 0 Å². The number of ether oxygens (including phenoxy) is 1. The van der Waals surface area contributed by atoms with Crippen LogP contribution in [0.4, 0.5) is 10.6 Å². The highest BCUT2D eigenvalue weighted by Gasteiger charge is 2.16. The Morgan fingerprint density at radius 1 is 1.06 bits per heavy atom. The van der Waals surface area contributed by atoms with E-state index in [1.165, 1.54) is 0 Å². The van der Waals surface area contributed by atoms with Gasteiger partial charge in [-0.15, -0.1) is 0 Å². The Hall–Kier alpha value is -2.91. The van der Waals surface area contributed by atoms with Gasteiger partial charge in [0.2, 0.25) is 5.91 Å². The minimum absolute atomic E-state index is 0.0172. The van der Waals surface area contributed by atoms with Crippen LogP contribution in [0, 0.1) is 0 Å². The normalized spacial score (nSPS) is 11.7. The minimum atomic E-state index is -0.664. The van der Waals surface area contributed by atoms with Crippen LogP contribution in [0.25, 0.3) is 10.8 Å². The number of anilines is 1. The fraction of sp³-hybridized carbons (Fsp3) is 0.320. The first-order valence-electron chi connectivity index (χ1n) is 11.3. The Morgan fingerprint density at radius 3 is 2.66 bits per heavy atom. The van der Waals surface area contributed by atoms with Crippen LogP contribution in [-0.2, 0) is 16.1 Å². The molecule has 10 heteroatoms. The van der Waals surface area contributed by atoms with E-state index >= 15 is 0 Å². The van der Waals surface area contributed by atoms with Gasteiger partial charge >= 0.3 is 6.09 Å². The maximum Gasteiger partial charge on any atom is 0.412 e. The molecule has 2 amide bonds. The van der Waals surface area contributed by atoms with Crippen LogP contribution < -0.4 is 16.0 Å². The Kier molecular flexibility index (Phi) is 10.6. The smallest absolute Gasteiger partial charge is 0.412 e. The third-order valence-electron chi connectivity index (χ3n) is 5.24. The summed E-state index contributed by atoms with van der Waals surface area (Å²) in [6.07, 6.45) is 2.82. The van der Waals surface area contributed by atoms with Gasteiger partial charge in [-0.1, -0.05) is 59.6 Å². The molecule has 4 N–H and O–H groups in total. The topological polar surface area (TPSA) is 113 Å². The zero-order valence-electron chi connectivity index (χ0n) is 19.1. The van der Waals surface area contributed by atoms with Gasteiger partial charge in [0.1, 0.15) is 12.4 Å². The van der Waals surface area contributed by atoms with E-state index in [2.05, 4.69) is 20.9 Å². The van der Waals surface area contributed by atoms with Gasteiger partial charge in [-0.05, 0) is 42.3 Å². The summed E-state index contributed by atoms with van der Waals surface area (Å²) < 4.78 is 5.33. The zero-order chi connectivity index (χ0) is 25.0. The van der Waals surface area contributed by atoms with E-state index in [0.29, 0.717) is 41.7 Å². The number of hydrogen-bond donors (Lipinski definition) is 4. The van der Waals surface area contributed by atoms with Crippen molar-refractivity contribution in [2.45, 2.75) is 31.8 Å². The molecule has 0 fully saturated rings. The van der Waals surface area contributed by atoms with Crippen molar-refractivity contribution in [3.63, 3.8) is 0 Å². The van der Waals surface area contributed by atoms with Gasteiger partial charge in [-0.3, -0.25) is 10.1 Å². The number of hydrogen-bond acceptors (Lipinski definition) is 6. The number of pyridine rings is 1. The molecule has 1 atom stereocenters. The first-order valence-corrected chi connectivity index (χ1v) is 12.0. The molecule has 1 heterocycles. The lowest BCUT2D eigenvalue weighted by atomic mass is 10.1. The van der Waals surface area contributed by atoms with Gasteiger partial charge in [0.25, 0.3) is 0 Å². The molecule has 3 rings (SSSR count). The second-order valence-electron chi connectivity index (χ2n) is 7.94. The number of nitrogens with zero attached hydrogens (tertiary/aromatic N) is 1. The molecule has 1 aromatic heterocycles. The lowest BCUT2D eigenvalue weighted by molar-refractivity contribution is -0.121. The van der Waals surface area contributed by atoms with Gasteiger partial charge in [-0.25, -0.2) is 9.78 Å². The summed E-state index contributed by atoms with van der Waals surface area (Å²) in [5.74, 6) is 0.121. The van der Waals surface area contributed by atoms with E-state index in [4.69, 9.17) is 33.0 Å². The Balaban J connectivity index is 1.47. The lowest BCUT2D eigenvalue weighted by Gasteiger charge is -2.19. The predicted octanol–water partition coefficient (Wildman–Crippen LogP) is 4.53. The number of carbonyl (C=O) groups excluding carboxylic acids is 2. The maximum absolute atomic E-state index is 12.4. The molecule has 0 bridgehead atoms. The molecule has 186 valence electrons. The lowest BCUT2D eigenvalue weighted by Crippen LogP contribution is -2.43. The summed E-state index contributed by atoms with van der Waals surface area (Å²) in [6, 6.07) is 14.4.